The van der Waals surface area contributed by atoms with E-state index in [0.717, 1.165) is 5.56 Å². The molecule has 0 bridgehead atoms. The Kier molecular flexibility index (Phi) is 7.69. The Balaban J connectivity index is 1.73. The minimum atomic E-state index is -0.707. The second-order valence-corrected chi connectivity index (χ2v) is 8.02. The molecule has 0 fully saturated rings. The monoisotopic (exact) mass is 518 g/mol. The maximum atomic E-state index is 13.7. The van der Waals surface area contributed by atoms with Crippen molar-refractivity contribution < 1.29 is 13.9 Å². The number of rotatable bonds is 6. The van der Waals surface area contributed by atoms with Crippen molar-refractivity contribution in [2.75, 3.05) is 5.32 Å². The van der Waals surface area contributed by atoms with Crippen molar-refractivity contribution in [2.45, 2.75) is 6.61 Å². The molecule has 0 unspecified atom stereocenters. The zero-order chi connectivity index (χ0) is 22.4. The maximum Gasteiger partial charge on any atom is 0.266 e. The molecule has 0 aromatic heterocycles. The highest BCUT2D eigenvalue weighted by atomic mass is 79.9. The molecule has 0 heterocycles. The van der Waals surface area contributed by atoms with Crippen LogP contribution in [0.3, 0.4) is 0 Å². The number of nitrogens with one attached hydrogen (secondary N) is 1. The van der Waals surface area contributed by atoms with Crippen LogP contribution in [0.1, 0.15) is 11.1 Å². The lowest BCUT2D eigenvalue weighted by atomic mass is 10.1. The fraction of sp³-hybridized carbons (Fsp3) is 0.0435. The first kappa shape index (κ1) is 22.8. The quantitative estimate of drug-likeness (QED) is 0.281. The van der Waals surface area contributed by atoms with E-state index in [0.29, 0.717) is 25.8 Å². The number of nitriles is 1. The fourth-order valence-corrected chi connectivity index (χ4v) is 3.56. The average Bonchev–Trinajstić information content (AvgIpc) is 2.74. The van der Waals surface area contributed by atoms with E-state index in [9.17, 15) is 14.4 Å². The Bertz CT molecular complexity index is 1210. The third-order valence-electron chi connectivity index (χ3n) is 4.15. The smallest absolute Gasteiger partial charge is 0.266 e. The first-order valence-electron chi connectivity index (χ1n) is 8.91. The first-order chi connectivity index (χ1) is 14.9. The van der Waals surface area contributed by atoms with Gasteiger partial charge in [-0.2, -0.15) is 5.26 Å². The third-order valence-corrected chi connectivity index (χ3v) is 5.36. The van der Waals surface area contributed by atoms with E-state index in [2.05, 4.69) is 21.2 Å². The number of carbonyl (C=O) groups is 1. The first-order valence-corrected chi connectivity index (χ1v) is 10.5. The topological polar surface area (TPSA) is 62.1 Å². The molecule has 31 heavy (non-hydrogen) atoms. The van der Waals surface area contributed by atoms with Gasteiger partial charge in [0.2, 0.25) is 0 Å². The van der Waals surface area contributed by atoms with Crippen molar-refractivity contribution in [1.82, 2.24) is 0 Å². The predicted octanol–water partition coefficient (Wildman–Crippen LogP) is 7.02. The van der Waals surface area contributed by atoms with E-state index >= 15 is 0 Å². The number of hydrogen-bond donors (Lipinski definition) is 1. The minimum absolute atomic E-state index is 0.000520. The van der Waals surface area contributed by atoms with Gasteiger partial charge in [0.1, 0.15) is 29.8 Å². The fourth-order valence-electron chi connectivity index (χ4n) is 2.59. The molecule has 4 nitrogen and oxygen atoms in total. The van der Waals surface area contributed by atoms with Crippen LogP contribution < -0.4 is 10.1 Å². The summed E-state index contributed by atoms with van der Waals surface area (Å²) in [6.07, 6.45) is 1.40. The molecule has 0 aliphatic carbocycles. The standard InChI is InChI=1S/C23H14BrCl2FN2O2/c24-18-10-14(5-8-22(18)31-13-15-6-7-17(25)11-19(15)26)9-16(12-28)23(30)29-21-4-2-1-3-20(21)27/h1-11H,13H2,(H,29,30)/b16-9-. The highest BCUT2D eigenvalue weighted by Gasteiger charge is 2.12. The van der Waals surface area contributed by atoms with Gasteiger partial charge in [-0.25, -0.2) is 4.39 Å². The van der Waals surface area contributed by atoms with Crippen molar-refractivity contribution in [3.8, 4) is 11.8 Å². The Labute approximate surface area is 197 Å². The highest BCUT2D eigenvalue weighted by Crippen LogP contribution is 2.29. The number of ether oxygens (including phenoxy) is 1. The Morgan fingerprint density at radius 3 is 2.61 bits per heavy atom. The van der Waals surface area contributed by atoms with Gasteiger partial charge in [0.05, 0.1) is 10.2 Å². The molecular weight excluding hydrogens is 506 g/mol. The van der Waals surface area contributed by atoms with Crippen molar-refractivity contribution in [3.05, 3.63) is 97.7 Å². The highest BCUT2D eigenvalue weighted by molar-refractivity contribution is 9.10. The van der Waals surface area contributed by atoms with E-state index in [4.69, 9.17) is 27.9 Å². The number of carbonyl (C=O) groups excluding carboxylic acids is 1. The average molecular weight is 520 g/mol. The van der Waals surface area contributed by atoms with Crippen LogP contribution in [0.5, 0.6) is 5.75 Å². The molecule has 3 rings (SSSR count). The van der Waals surface area contributed by atoms with Crippen LogP contribution in [0, 0.1) is 17.1 Å². The molecule has 1 amide bonds. The summed E-state index contributed by atoms with van der Waals surface area (Å²) in [5, 5.41) is 12.8. The number of anilines is 1. The molecule has 0 atom stereocenters. The molecule has 0 saturated carbocycles. The number of benzene rings is 3. The molecule has 3 aromatic rings. The van der Waals surface area contributed by atoms with Crippen molar-refractivity contribution >= 4 is 56.8 Å². The largest absolute Gasteiger partial charge is 0.488 e. The number of amides is 1. The summed E-state index contributed by atoms with van der Waals surface area (Å²) in [5.41, 5.74) is 1.19. The summed E-state index contributed by atoms with van der Waals surface area (Å²) in [4.78, 5) is 12.3. The van der Waals surface area contributed by atoms with Gasteiger partial charge in [0, 0.05) is 15.6 Å². The van der Waals surface area contributed by atoms with Gasteiger partial charge >= 0.3 is 0 Å². The Morgan fingerprint density at radius 1 is 1.16 bits per heavy atom. The van der Waals surface area contributed by atoms with Crippen molar-refractivity contribution in [2.24, 2.45) is 0 Å². The van der Waals surface area contributed by atoms with Gasteiger partial charge in [-0.05, 0) is 64.0 Å². The summed E-state index contributed by atoms with van der Waals surface area (Å²) >= 11 is 15.5. The lowest BCUT2D eigenvalue weighted by molar-refractivity contribution is -0.112. The van der Waals surface area contributed by atoms with E-state index in [1.54, 1.807) is 42.5 Å². The summed E-state index contributed by atoms with van der Waals surface area (Å²) in [6, 6.07) is 17.8. The molecule has 156 valence electrons. The molecule has 0 aliphatic heterocycles. The Morgan fingerprint density at radius 2 is 1.94 bits per heavy atom. The lowest BCUT2D eigenvalue weighted by Gasteiger charge is -2.10. The third kappa shape index (κ3) is 6.08. The van der Waals surface area contributed by atoms with Crippen LogP contribution in [-0.2, 0) is 11.4 Å². The van der Waals surface area contributed by atoms with Crippen LogP contribution in [0.25, 0.3) is 6.08 Å². The number of hydrogen-bond acceptors (Lipinski definition) is 3. The summed E-state index contributed by atoms with van der Waals surface area (Å²) in [7, 11) is 0. The maximum absolute atomic E-state index is 13.7. The zero-order valence-electron chi connectivity index (χ0n) is 15.8. The summed E-state index contributed by atoms with van der Waals surface area (Å²) < 4.78 is 20.1. The molecule has 0 saturated heterocycles. The second kappa shape index (κ2) is 10.5. The molecule has 0 spiro atoms. The van der Waals surface area contributed by atoms with Crippen LogP contribution >= 0.6 is 39.1 Å². The molecule has 1 N–H and O–H groups in total. The van der Waals surface area contributed by atoms with Gasteiger partial charge in [0.25, 0.3) is 5.91 Å². The number of para-hydroxylation sites is 1. The van der Waals surface area contributed by atoms with Crippen LogP contribution in [-0.4, -0.2) is 5.91 Å². The van der Waals surface area contributed by atoms with Crippen LogP contribution in [0.15, 0.2) is 70.7 Å². The molecule has 3 aromatic carbocycles. The lowest BCUT2D eigenvalue weighted by Crippen LogP contribution is -2.14. The predicted molar refractivity (Wildman–Crippen MR) is 124 cm³/mol. The molecule has 0 radical (unpaired) electrons. The van der Waals surface area contributed by atoms with Gasteiger partial charge < -0.3 is 10.1 Å². The van der Waals surface area contributed by atoms with Gasteiger partial charge in [-0.15, -0.1) is 0 Å². The molecule has 8 heteroatoms. The van der Waals surface area contributed by atoms with E-state index in [-0.39, 0.29) is 17.9 Å². The van der Waals surface area contributed by atoms with E-state index in [1.807, 2.05) is 6.07 Å². The van der Waals surface area contributed by atoms with Crippen molar-refractivity contribution in [3.63, 3.8) is 0 Å². The molecular formula is C23H14BrCl2FN2O2. The SMILES string of the molecule is N#C/C(=C/c1ccc(OCc2ccc(Cl)cc2Cl)c(Br)c1)C(=O)Nc1ccccc1F. The zero-order valence-corrected chi connectivity index (χ0v) is 18.9. The Hall–Kier alpha value is -2.85. The van der Waals surface area contributed by atoms with Gasteiger partial charge in [-0.1, -0.05) is 47.5 Å². The van der Waals surface area contributed by atoms with Crippen LogP contribution in [0.4, 0.5) is 10.1 Å². The van der Waals surface area contributed by atoms with Crippen molar-refractivity contribution in [1.29, 1.82) is 5.26 Å². The van der Waals surface area contributed by atoms with Crippen LogP contribution in [0.2, 0.25) is 10.0 Å². The van der Waals surface area contributed by atoms with E-state index in [1.165, 1.54) is 24.3 Å². The number of nitrogens with zero attached hydrogens (tertiary/aromatic N) is 1. The normalized spacial score (nSPS) is 11.0. The number of halogens is 4. The minimum Gasteiger partial charge on any atom is -0.488 e. The summed E-state index contributed by atoms with van der Waals surface area (Å²) in [5.74, 6) is -0.739. The van der Waals surface area contributed by atoms with Gasteiger partial charge in [0.15, 0.2) is 0 Å². The molecule has 0 aliphatic rings. The summed E-state index contributed by atoms with van der Waals surface area (Å²) in [6.45, 7) is 0.234. The van der Waals surface area contributed by atoms with Gasteiger partial charge in [-0.3, -0.25) is 4.79 Å². The van der Waals surface area contributed by atoms with E-state index < -0.39 is 11.7 Å². The second-order valence-electron chi connectivity index (χ2n) is 6.32.